The first-order valence-corrected chi connectivity index (χ1v) is 5.02. The van der Waals surface area contributed by atoms with Crippen molar-refractivity contribution < 1.29 is 28.5 Å². The van der Waals surface area contributed by atoms with E-state index in [1.54, 1.807) is 0 Å². The average molecular weight is 285 g/mol. The van der Waals surface area contributed by atoms with Gasteiger partial charge < -0.3 is 28.5 Å². The summed E-state index contributed by atoms with van der Waals surface area (Å²) >= 11 is 0. The normalized spacial score (nSPS) is 11.0. The molecular weight excluding hydrogens is 261 g/mol. The Morgan fingerprint density at radius 3 is 1.17 bits per heavy atom. The molecule has 2 heteroatoms. The van der Waals surface area contributed by atoms with E-state index in [0.717, 1.165) is 0 Å². The van der Waals surface area contributed by atoms with Gasteiger partial charge in [-0.25, -0.2) is 0 Å². The van der Waals surface area contributed by atoms with E-state index in [4.69, 9.17) is 0 Å². The summed E-state index contributed by atoms with van der Waals surface area (Å²) in [6, 6.07) is 0. The molecule has 0 spiro atoms. The second kappa shape index (κ2) is 8.30. The molecule has 0 radical (unpaired) electrons. The van der Waals surface area contributed by atoms with Crippen molar-refractivity contribution in [3.8, 4) is 0 Å². The summed E-state index contributed by atoms with van der Waals surface area (Å²) in [5.41, 5.74) is 0. The lowest BCUT2D eigenvalue weighted by atomic mass is 10.2. The number of halogens is 1. The zero-order valence-corrected chi connectivity index (χ0v) is 11.2. The lowest BCUT2D eigenvalue weighted by Gasteiger charge is -2.33. The summed E-state index contributed by atoms with van der Waals surface area (Å²) in [6.07, 6.45) is 3.95. The maximum Gasteiger partial charge on any atom is 0.0781 e. The van der Waals surface area contributed by atoms with Gasteiger partial charge in [0.2, 0.25) is 0 Å². The summed E-state index contributed by atoms with van der Waals surface area (Å²) < 4.78 is 1.28. The van der Waals surface area contributed by atoms with E-state index in [2.05, 4.69) is 27.8 Å². The smallest absolute Gasteiger partial charge is 0.0781 e. The molecule has 0 aromatic heterocycles. The SMILES string of the molecule is CCC[N+](C)(CCC)CCC.[I-]. The van der Waals surface area contributed by atoms with Gasteiger partial charge in [0.25, 0.3) is 0 Å². The van der Waals surface area contributed by atoms with Crippen molar-refractivity contribution in [1.29, 1.82) is 0 Å². The summed E-state index contributed by atoms with van der Waals surface area (Å²) in [6.45, 7) is 10.9. The topological polar surface area (TPSA) is 0 Å². The molecule has 76 valence electrons. The molecule has 0 aromatic carbocycles. The largest absolute Gasteiger partial charge is 1.00 e. The van der Waals surface area contributed by atoms with Crippen LogP contribution in [0, 0.1) is 0 Å². The van der Waals surface area contributed by atoms with Crippen LogP contribution in [0.1, 0.15) is 40.0 Å². The van der Waals surface area contributed by atoms with Gasteiger partial charge in [-0.2, -0.15) is 0 Å². The van der Waals surface area contributed by atoms with Crippen molar-refractivity contribution in [2.45, 2.75) is 40.0 Å². The van der Waals surface area contributed by atoms with Crippen molar-refractivity contribution in [1.82, 2.24) is 0 Å². The minimum Gasteiger partial charge on any atom is -1.00 e. The zero-order valence-electron chi connectivity index (χ0n) is 9.07. The third kappa shape index (κ3) is 6.23. The second-order valence-electron chi connectivity index (χ2n) is 3.79. The molecule has 0 bridgehead atoms. The van der Waals surface area contributed by atoms with Crippen molar-refractivity contribution in [2.24, 2.45) is 0 Å². The number of nitrogens with zero attached hydrogens (tertiary/aromatic N) is 1. The standard InChI is InChI=1S/C10H24N.HI/c1-5-8-11(4,9-6-2)10-7-3;/h5-10H2,1-4H3;1H/q+1;/p-1. The molecule has 0 saturated heterocycles. The number of hydrogen-bond donors (Lipinski definition) is 0. The minimum absolute atomic E-state index is 0. The fourth-order valence-electron chi connectivity index (χ4n) is 1.95. The fourth-order valence-corrected chi connectivity index (χ4v) is 1.95. The number of hydrogen-bond acceptors (Lipinski definition) is 0. The molecule has 12 heavy (non-hydrogen) atoms. The van der Waals surface area contributed by atoms with Crippen molar-refractivity contribution in [3.05, 3.63) is 0 Å². The average Bonchev–Trinajstić information content (AvgIpc) is 1.88. The van der Waals surface area contributed by atoms with E-state index >= 15 is 0 Å². The Balaban J connectivity index is 0. The Labute approximate surface area is 95.1 Å². The highest BCUT2D eigenvalue weighted by molar-refractivity contribution is 4.37. The predicted octanol–water partition coefficient (Wildman–Crippen LogP) is -0.333. The van der Waals surface area contributed by atoms with E-state index < -0.39 is 0 Å². The number of rotatable bonds is 6. The highest BCUT2D eigenvalue weighted by atomic mass is 127. The third-order valence-corrected chi connectivity index (χ3v) is 2.29. The summed E-state index contributed by atoms with van der Waals surface area (Å²) in [5.74, 6) is 0. The molecular formula is C10H24IN. The van der Waals surface area contributed by atoms with Crippen LogP contribution in [-0.4, -0.2) is 31.2 Å². The van der Waals surface area contributed by atoms with E-state index in [1.807, 2.05) is 0 Å². The molecule has 0 unspecified atom stereocenters. The van der Waals surface area contributed by atoms with Crippen LogP contribution in [0.25, 0.3) is 0 Å². The van der Waals surface area contributed by atoms with Gasteiger partial charge in [0.1, 0.15) is 0 Å². The first kappa shape index (κ1) is 15.2. The van der Waals surface area contributed by atoms with Crippen LogP contribution in [-0.2, 0) is 0 Å². The molecule has 0 heterocycles. The van der Waals surface area contributed by atoms with Gasteiger partial charge in [0.05, 0.1) is 26.7 Å². The van der Waals surface area contributed by atoms with E-state index in [9.17, 15) is 0 Å². The fraction of sp³-hybridized carbons (Fsp3) is 1.00. The van der Waals surface area contributed by atoms with Gasteiger partial charge in [-0.15, -0.1) is 0 Å². The lowest BCUT2D eigenvalue weighted by Crippen LogP contribution is -3.00. The Morgan fingerprint density at radius 2 is 1.00 bits per heavy atom. The second-order valence-corrected chi connectivity index (χ2v) is 3.79. The Kier molecular flexibility index (Phi) is 10.5. The molecule has 0 aliphatic rings. The van der Waals surface area contributed by atoms with Gasteiger partial charge in [-0.3, -0.25) is 0 Å². The van der Waals surface area contributed by atoms with Crippen LogP contribution < -0.4 is 24.0 Å². The van der Waals surface area contributed by atoms with Crippen LogP contribution in [0.15, 0.2) is 0 Å². The van der Waals surface area contributed by atoms with Gasteiger partial charge >= 0.3 is 0 Å². The summed E-state index contributed by atoms with van der Waals surface area (Å²) in [5, 5.41) is 0. The first-order chi connectivity index (χ1) is 5.18. The number of quaternary nitrogens is 1. The van der Waals surface area contributed by atoms with Gasteiger partial charge in [0.15, 0.2) is 0 Å². The molecule has 0 fully saturated rings. The highest BCUT2D eigenvalue weighted by Crippen LogP contribution is 2.06. The molecule has 0 aromatic rings. The monoisotopic (exact) mass is 285 g/mol. The lowest BCUT2D eigenvalue weighted by molar-refractivity contribution is -0.909. The maximum atomic E-state index is 2.39. The van der Waals surface area contributed by atoms with Crippen LogP contribution in [0.2, 0.25) is 0 Å². The molecule has 1 nitrogen and oxygen atoms in total. The molecule has 0 saturated carbocycles. The molecule has 0 amide bonds. The van der Waals surface area contributed by atoms with E-state index in [-0.39, 0.29) is 24.0 Å². The minimum atomic E-state index is 0. The van der Waals surface area contributed by atoms with E-state index in [0.29, 0.717) is 0 Å². The van der Waals surface area contributed by atoms with Crippen molar-refractivity contribution >= 4 is 0 Å². The zero-order chi connectivity index (χ0) is 8.74. The quantitative estimate of drug-likeness (QED) is 0.463. The molecule has 0 rings (SSSR count). The van der Waals surface area contributed by atoms with Crippen LogP contribution >= 0.6 is 0 Å². The summed E-state index contributed by atoms with van der Waals surface area (Å²) in [7, 11) is 2.39. The van der Waals surface area contributed by atoms with Gasteiger partial charge in [-0.05, 0) is 19.3 Å². The predicted molar refractivity (Wildman–Crippen MR) is 51.7 cm³/mol. The van der Waals surface area contributed by atoms with Crippen LogP contribution in [0.5, 0.6) is 0 Å². The van der Waals surface area contributed by atoms with Gasteiger partial charge in [-0.1, -0.05) is 20.8 Å². The van der Waals surface area contributed by atoms with Crippen molar-refractivity contribution in [2.75, 3.05) is 26.7 Å². The maximum absolute atomic E-state index is 2.39. The Bertz CT molecular complexity index is 76.8. The molecule has 0 aliphatic carbocycles. The van der Waals surface area contributed by atoms with Gasteiger partial charge in [0, 0.05) is 0 Å². The Morgan fingerprint density at radius 1 is 0.750 bits per heavy atom. The van der Waals surface area contributed by atoms with Crippen molar-refractivity contribution in [3.63, 3.8) is 0 Å². The Hall–Kier alpha value is 0.690. The summed E-state index contributed by atoms with van der Waals surface area (Å²) in [4.78, 5) is 0. The first-order valence-electron chi connectivity index (χ1n) is 5.02. The third-order valence-electron chi connectivity index (χ3n) is 2.29. The van der Waals surface area contributed by atoms with Crippen LogP contribution in [0.3, 0.4) is 0 Å². The molecule has 0 atom stereocenters. The highest BCUT2D eigenvalue weighted by Gasteiger charge is 2.16. The molecule has 0 N–H and O–H groups in total. The molecule has 0 aliphatic heterocycles. The van der Waals surface area contributed by atoms with Crippen LogP contribution in [0.4, 0.5) is 0 Å². The van der Waals surface area contributed by atoms with E-state index in [1.165, 1.54) is 43.4 Å².